The number of anilines is 1. The first kappa shape index (κ1) is 18.0. The second-order valence-corrected chi connectivity index (χ2v) is 5.48. The average Bonchev–Trinajstić information content (AvgIpc) is 2.59. The van der Waals surface area contributed by atoms with E-state index in [1.807, 2.05) is 55.5 Å². The van der Waals surface area contributed by atoms with E-state index in [2.05, 4.69) is 10.6 Å². The fourth-order valence-electron chi connectivity index (χ4n) is 2.44. The molecule has 5 heteroatoms. The van der Waals surface area contributed by atoms with Crippen LogP contribution in [0.5, 0.6) is 5.75 Å². The highest BCUT2D eigenvalue weighted by molar-refractivity contribution is 5.96. The highest BCUT2D eigenvalue weighted by Gasteiger charge is 2.21. The molecule has 5 nitrogen and oxygen atoms in total. The molecule has 1 atom stereocenters. The fourth-order valence-corrected chi connectivity index (χ4v) is 2.44. The van der Waals surface area contributed by atoms with E-state index in [1.165, 1.54) is 0 Å². The van der Waals surface area contributed by atoms with Crippen LogP contribution in [0.1, 0.15) is 17.2 Å². The summed E-state index contributed by atoms with van der Waals surface area (Å²) in [7, 11) is 3.22. The van der Waals surface area contributed by atoms with Gasteiger partial charge in [0.2, 0.25) is 5.91 Å². The van der Waals surface area contributed by atoms with Gasteiger partial charge in [0, 0.05) is 13.7 Å². The number of aryl methyl sites for hydroxylation is 1. The Morgan fingerprint density at radius 2 is 1.88 bits per heavy atom. The summed E-state index contributed by atoms with van der Waals surface area (Å²) in [6, 6.07) is 14.8. The van der Waals surface area contributed by atoms with Crippen molar-refractivity contribution < 1.29 is 14.3 Å². The topological polar surface area (TPSA) is 59.6 Å². The first-order chi connectivity index (χ1) is 11.7. The minimum atomic E-state index is -0.466. The maximum Gasteiger partial charge on any atom is 0.246 e. The summed E-state index contributed by atoms with van der Waals surface area (Å²) in [6.45, 7) is 3.08. The molecule has 0 radical (unpaired) electrons. The molecule has 0 saturated heterocycles. The summed E-state index contributed by atoms with van der Waals surface area (Å²) in [5, 5.41) is 6.19. The van der Waals surface area contributed by atoms with E-state index in [0.29, 0.717) is 24.6 Å². The minimum absolute atomic E-state index is 0.138. The molecule has 24 heavy (non-hydrogen) atoms. The summed E-state index contributed by atoms with van der Waals surface area (Å²) >= 11 is 0. The van der Waals surface area contributed by atoms with E-state index >= 15 is 0 Å². The zero-order chi connectivity index (χ0) is 17.4. The third-order valence-electron chi connectivity index (χ3n) is 3.66. The maximum atomic E-state index is 12.8. The van der Waals surface area contributed by atoms with Gasteiger partial charge in [-0.3, -0.25) is 10.1 Å². The standard InChI is InChI=1S/C19H24N2O3/c1-14-9-10-17(24-3)16(13-14)21-19(22)18(20-11-12-23-2)15-7-5-4-6-8-15/h4-10,13,18,20H,11-12H2,1-3H3,(H,21,22). The molecule has 2 aromatic carbocycles. The van der Waals surface area contributed by atoms with Crippen LogP contribution in [0.4, 0.5) is 5.69 Å². The lowest BCUT2D eigenvalue weighted by molar-refractivity contribution is -0.118. The Hall–Kier alpha value is -2.37. The van der Waals surface area contributed by atoms with Gasteiger partial charge in [0.15, 0.2) is 0 Å². The maximum absolute atomic E-state index is 12.8. The Balaban J connectivity index is 2.20. The molecule has 1 amide bonds. The van der Waals surface area contributed by atoms with Crippen LogP contribution >= 0.6 is 0 Å². The van der Waals surface area contributed by atoms with Crippen LogP contribution in [0.15, 0.2) is 48.5 Å². The molecule has 2 rings (SSSR count). The summed E-state index contributed by atoms with van der Waals surface area (Å²) in [6.07, 6.45) is 0. The molecule has 1 unspecified atom stereocenters. The number of rotatable bonds is 8. The van der Waals surface area contributed by atoms with Gasteiger partial charge in [-0.2, -0.15) is 0 Å². The lowest BCUT2D eigenvalue weighted by Gasteiger charge is -2.20. The van der Waals surface area contributed by atoms with Gasteiger partial charge in [-0.05, 0) is 30.2 Å². The van der Waals surface area contributed by atoms with Crippen molar-refractivity contribution in [1.82, 2.24) is 5.32 Å². The number of hydrogen-bond donors (Lipinski definition) is 2. The van der Waals surface area contributed by atoms with E-state index in [-0.39, 0.29) is 5.91 Å². The predicted octanol–water partition coefficient (Wildman–Crippen LogP) is 2.92. The molecule has 2 N–H and O–H groups in total. The normalized spacial score (nSPS) is 11.8. The Morgan fingerprint density at radius 3 is 2.54 bits per heavy atom. The third kappa shape index (κ3) is 4.81. The number of ether oxygens (including phenoxy) is 2. The van der Waals surface area contributed by atoms with Crippen molar-refractivity contribution in [2.45, 2.75) is 13.0 Å². The molecule has 0 aromatic heterocycles. The molecule has 0 aliphatic carbocycles. The fraction of sp³-hybridized carbons (Fsp3) is 0.316. The number of carbonyl (C=O) groups excluding carboxylic acids is 1. The van der Waals surface area contributed by atoms with Crippen molar-refractivity contribution in [1.29, 1.82) is 0 Å². The summed E-state index contributed by atoms with van der Waals surface area (Å²) < 4.78 is 10.4. The van der Waals surface area contributed by atoms with Crippen molar-refractivity contribution in [2.24, 2.45) is 0 Å². The second kappa shape index (κ2) is 9.05. The van der Waals surface area contributed by atoms with Crippen LogP contribution < -0.4 is 15.4 Å². The summed E-state index contributed by atoms with van der Waals surface area (Å²) in [5.41, 5.74) is 2.62. The quantitative estimate of drug-likeness (QED) is 0.732. The monoisotopic (exact) mass is 328 g/mol. The molecule has 2 aromatic rings. The zero-order valence-corrected chi connectivity index (χ0v) is 14.3. The number of benzene rings is 2. The molecule has 0 bridgehead atoms. The molecular formula is C19H24N2O3. The van der Waals surface area contributed by atoms with Gasteiger partial charge in [0.25, 0.3) is 0 Å². The lowest BCUT2D eigenvalue weighted by Crippen LogP contribution is -2.35. The first-order valence-electron chi connectivity index (χ1n) is 7.88. The third-order valence-corrected chi connectivity index (χ3v) is 3.66. The van der Waals surface area contributed by atoms with Crippen LogP contribution in [-0.4, -0.2) is 33.3 Å². The molecule has 0 heterocycles. The Morgan fingerprint density at radius 1 is 1.12 bits per heavy atom. The molecular weight excluding hydrogens is 304 g/mol. The van der Waals surface area contributed by atoms with Crippen LogP contribution in [-0.2, 0) is 9.53 Å². The van der Waals surface area contributed by atoms with E-state index in [1.54, 1.807) is 14.2 Å². The van der Waals surface area contributed by atoms with Gasteiger partial charge >= 0.3 is 0 Å². The Labute approximate surface area is 143 Å². The predicted molar refractivity (Wildman–Crippen MR) is 95.4 cm³/mol. The zero-order valence-electron chi connectivity index (χ0n) is 14.3. The highest BCUT2D eigenvalue weighted by Crippen LogP contribution is 2.26. The van der Waals surface area contributed by atoms with Crippen molar-refractivity contribution in [3.05, 3.63) is 59.7 Å². The second-order valence-electron chi connectivity index (χ2n) is 5.48. The van der Waals surface area contributed by atoms with Crippen molar-refractivity contribution in [2.75, 3.05) is 32.7 Å². The van der Waals surface area contributed by atoms with Gasteiger partial charge < -0.3 is 14.8 Å². The smallest absolute Gasteiger partial charge is 0.246 e. The van der Waals surface area contributed by atoms with Crippen LogP contribution in [0.2, 0.25) is 0 Å². The largest absolute Gasteiger partial charge is 0.495 e. The van der Waals surface area contributed by atoms with Gasteiger partial charge in [0.1, 0.15) is 11.8 Å². The molecule has 0 spiro atoms. The van der Waals surface area contributed by atoms with Gasteiger partial charge in [-0.15, -0.1) is 0 Å². The Kier molecular flexibility index (Phi) is 6.78. The number of hydrogen-bond acceptors (Lipinski definition) is 4. The molecule has 128 valence electrons. The minimum Gasteiger partial charge on any atom is -0.495 e. The highest BCUT2D eigenvalue weighted by atomic mass is 16.5. The van der Waals surface area contributed by atoms with E-state index in [0.717, 1.165) is 11.1 Å². The van der Waals surface area contributed by atoms with Gasteiger partial charge in [0.05, 0.1) is 19.4 Å². The van der Waals surface area contributed by atoms with Gasteiger partial charge in [-0.1, -0.05) is 36.4 Å². The molecule has 0 aliphatic rings. The lowest BCUT2D eigenvalue weighted by atomic mass is 10.1. The van der Waals surface area contributed by atoms with E-state index in [4.69, 9.17) is 9.47 Å². The Bertz CT molecular complexity index is 659. The number of amides is 1. The van der Waals surface area contributed by atoms with Crippen LogP contribution in [0.3, 0.4) is 0 Å². The summed E-state index contributed by atoms with van der Waals surface area (Å²) in [4.78, 5) is 12.8. The van der Waals surface area contributed by atoms with E-state index < -0.39 is 6.04 Å². The number of methoxy groups -OCH3 is 2. The first-order valence-corrected chi connectivity index (χ1v) is 7.88. The van der Waals surface area contributed by atoms with E-state index in [9.17, 15) is 4.79 Å². The van der Waals surface area contributed by atoms with Crippen molar-refractivity contribution in [3.63, 3.8) is 0 Å². The molecule has 0 fully saturated rings. The van der Waals surface area contributed by atoms with Crippen LogP contribution in [0.25, 0.3) is 0 Å². The molecule has 0 saturated carbocycles. The number of nitrogens with one attached hydrogen (secondary N) is 2. The SMILES string of the molecule is COCCNC(C(=O)Nc1cc(C)ccc1OC)c1ccccc1. The van der Waals surface area contributed by atoms with Crippen molar-refractivity contribution >= 4 is 11.6 Å². The molecule has 0 aliphatic heterocycles. The van der Waals surface area contributed by atoms with Gasteiger partial charge in [-0.25, -0.2) is 0 Å². The number of carbonyl (C=O) groups is 1. The average molecular weight is 328 g/mol. The van der Waals surface area contributed by atoms with Crippen LogP contribution in [0, 0.1) is 6.92 Å². The summed E-state index contributed by atoms with van der Waals surface area (Å²) in [5.74, 6) is 0.499. The van der Waals surface area contributed by atoms with Crippen molar-refractivity contribution in [3.8, 4) is 5.75 Å².